The SMILES string of the molecule is O=C(NCCc1ccco1)c1nc(-c2ccccc2)n2c1CCCCC2. The van der Waals surface area contributed by atoms with Crippen LogP contribution >= 0.6 is 0 Å². The second-order valence-electron chi connectivity index (χ2n) is 6.64. The van der Waals surface area contributed by atoms with Crippen LogP contribution in [0.4, 0.5) is 0 Å². The lowest BCUT2D eigenvalue weighted by molar-refractivity contribution is 0.0948. The third-order valence-corrected chi connectivity index (χ3v) is 4.85. The Labute approximate surface area is 153 Å². The Morgan fingerprint density at radius 3 is 2.81 bits per heavy atom. The zero-order chi connectivity index (χ0) is 17.8. The van der Waals surface area contributed by atoms with Gasteiger partial charge in [-0.05, 0) is 31.4 Å². The minimum absolute atomic E-state index is 0.0932. The molecule has 26 heavy (non-hydrogen) atoms. The van der Waals surface area contributed by atoms with Crippen molar-refractivity contribution in [2.24, 2.45) is 0 Å². The van der Waals surface area contributed by atoms with Crippen molar-refractivity contribution in [1.29, 1.82) is 0 Å². The normalized spacial score (nSPS) is 13.8. The number of hydrogen-bond acceptors (Lipinski definition) is 3. The first-order valence-corrected chi connectivity index (χ1v) is 9.28. The summed E-state index contributed by atoms with van der Waals surface area (Å²) in [6.45, 7) is 1.46. The molecule has 0 bridgehead atoms. The van der Waals surface area contributed by atoms with E-state index in [0.29, 0.717) is 18.7 Å². The smallest absolute Gasteiger partial charge is 0.271 e. The van der Waals surface area contributed by atoms with Crippen molar-refractivity contribution in [2.45, 2.75) is 38.6 Å². The van der Waals surface area contributed by atoms with Crippen molar-refractivity contribution in [1.82, 2.24) is 14.9 Å². The topological polar surface area (TPSA) is 60.1 Å². The number of nitrogens with zero attached hydrogens (tertiary/aromatic N) is 2. The monoisotopic (exact) mass is 349 g/mol. The van der Waals surface area contributed by atoms with Crippen LogP contribution in [-0.4, -0.2) is 22.0 Å². The molecule has 1 aliphatic rings. The molecule has 0 saturated heterocycles. The summed E-state index contributed by atoms with van der Waals surface area (Å²) in [5.74, 6) is 1.68. The minimum atomic E-state index is -0.0932. The summed E-state index contributed by atoms with van der Waals surface area (Å²) in [4.78, 5) is 17.5. The van der Waals surface area contributed by atoms with Gasteiger partial charge in [0.25, 0.3) is 5.91 Å². The van der Waals surface area contributed by atoms with E-state index < -0.39 is 0 Å². The summed E-state index contributed by atoms with van der Waals surface area (Å²) in [5.41, 5.74) is 2.70. The number of carbonyl (C=O) groups is 1. The third kappa shape index (κ3) is 3.43. The Hall–Kier alpha value is -2.82. The predicted molar refractivity (Wildman–Crippen MR) is 100.0 cm³/mol. The molecule has 0 atom stereocenters. The molecular weight excluding hydrogens is 326 g/mol. The fourth-order valence-electron chi connectivity index (χ4n) is 3.55. The van der Waals surface area contributed by atoms with E-state index >= 15 is 0 Å². The van der Waals surface area contributed by atoms with E-state index in [1.54, 1.807) is 6.26 Å². The molecule has 0 aliphatic carbocycles. The predicted octanol–water partition coefficient (Wildman–Crippen LogP) is 3.84. The van der Waals surface area contributed by atoms with Crippen molar-refractivity contribution in [3.63, 3.8) is 0 Å². The van der Waals surface area contributed by atoms with Crippen LogP contribution in [0.3, 0.4) is 0 Å². The van der Waals surface area contributed by atoms with Crippen LogP contribution in [-0.2, 0) is 19.4 Å². The van der Waals surface area contributed by atoms with Crippen LogP contribution in [0, 0.1) is 0 Å². The van der Waals surface area contributed by atoms with Gasteiger partial charge in [0.1, 0.15) is 17.3 Å². The fourth-order valence-corrected chi connectivity index (χ4v) is 3.55. The number of nitrogens with one attached hydrogen (secondary N) is 1. The number of amides is 1. The number of benzene rings is 1. The maximum Gasteiger partial charge on any atom is 0.271 e. The molecule has 0 saturated carbocycles. The molecular formula is C21H23N3O2. The van der Waals surface area contributed by atoms with E-state index in [1.165, 1.54) is 6.42 Å². The van der Waals surface area contributed by atoms with Gasteiger partial charge < -0.3 is 14.3 Å². The van der Waals surface area contributed by atoms with Crippen molar-refractivity contribution in [2.75, 3.05) is 6.54 Å². The summed E-state index contributed by atoms with van der Waals surface area (Å²) in [6, 6.07) is 13.9. The maximum absolute atomic E-state index is 12.8. The van der Waals surface area contributed by atoms with Gasteiger partial charge in [-0.25, -0.2) is 4.98 Å². The van der Waals surface area contributed by atoms with E-state index in [-0.39, 0.29) is 5.91 Å². The van der Waals surface area contributed by atoms with E-state index in [4.69, 9.17) is 9.40 Å². The molecule has 5 nitrogen and oxygen atoms in total. The molecule has 2 aromatic heterocycles. The molecule has 5 heteroatoms. The number of rotatable bonds is 5. The highest BCUT2D eigenvalue weighted by atomic mass is 16.3. The largest absolute Gasteiger partial charge is 0.469 e. The number of hydrogen-bond donors (Lipinski definition) is 1. The van der Waals surface area contributed by atoms with Gasteiger partial charge >= 0.3 is 0 Å². The lowest BCUT2D eigenvalue weighted by atomic mass is 10.1. The molecule has 0 unspecified atom stereocenters. The average Bonchev–Trinajstić information content (AvgIpc) is 3.24. The number of imidazole rings is 1. The van der Waals surface area contributed by atoms with Crippen molar-refractivity contribution in [3.05, 3.63) is 65.9 Å². The van der Waals surface area contributed by atoms with Gasteiger partial charge in [-0.1, -0.05) is 36.8 Å². The summed E-state index contributed by atoms with van der Waals surface area (Å²) in [6.07, 6.45) is 6.66. The molecule has 1 aromatic carbocycles. The Balaban J connectivity index is 1.58. The van der Waals surface area contributed by atoms with Crippen LogP contribution < -0.4 is 5.32 Å². The van der Waals surface area contributed by atoms with Crippen molar-refractivity contribution >= 4 is 5.91 Å². The van der Waals surface area contributed by atoms with E-state index in [1.807, 2.05) is 30.3 Å². The molecule has 1 aliphatic heterocycles. The van der Waals surface area contributed by atoms with Gasteiger partial charge in [0.05, 0.1) is 12.0 Å². The lowest BCUT2D eigenvalue weighted by Crippen LogP contribution is -2.27. The van der Waals surface area contributed by atoms with Crippen molar-refractivity contribution in [3.8, 4) is 11.4 Å². The standard InChI is InChI=1S/C21H23N3O2/c25-21(22-13-12-17-10-7-15-26-17)19-18-11-5-2-6-14-24(18)20(23-19)16-8-3-1-4-9-16/h1,3-4,7-10,15H,2,5-6,11-14H2,(H,22,25). The maximum atomic E-state index is 12.8. The van der Waals surface area contributed by atoms with Crippen LogP contribution in [0.15, 0.2) is 53.1 Å². The first kappa shape index (κ1) is 16.6. The van der Waals surface area contributed by atoms with Gasteiger partial charge in [-0.2, -0.15) is 0 Å². The second kappa shape index (κ2) is 7.60. The molecule has 0 fully saturated rings. The van der Waals surface area contributed by atoms with Crippen LogP contribution in [0.2, 0.25) is 0 Å². The average molecular weight is 349 g/mol. The third-order valence-electron chi connectivity index (χ3n) is 4.85. The highest BCUT2D eigenvalue weighted by Crippen LogP contribution is 2.27. The Bertz CT molecular complexity index is 866. The molecule has 4 rings (SSSR count). The van der Waals surface area contributed by atoms with Crippen LogP contribution in [0.1, 0.15) is 41.2 Å². The summed E-state index contributed by atoms with van der Waals surface area (Å²) in [5, 5.41) is 3.00. The van der Waals surface area contributed by atoms with E-state index in [0.717, 1.165) is 48.6 Å². The zero-order valence-electron chi connectivity index (χ0n) is 14.8. The Kier molecular flexibility index (Phi) is 4.86. The Morgan fingerprint density at radius 2 is 2.00 bits per heavy atom. The van der Waals surface area contributed by atoms with Gasteiger partial charge in [-0.3, -0.25) is 4.79 Å². The number of furan rings is 1. The van der Waals surface area contributed by atoms with Gasteiger partial charge in [0.2, 0.25) is 0 Å². The molecule has 1 amide bonds. The summed E-state index contributed by atoms with van der Waals surface area (Å²) < 4.78 is 7.56. The zero-order valence-corrected chi connectivity index (χ0v) is 14.8. The second-order valence-corrected chi connectivity index (χ2v) is 6.64. The highest BCUT2D eigenvalue weighted by molar-refractivity contribution is 5.94. The quantitative estimate of drug-likeness (QED) is 0.761. The van der Waals surface area contributed by atoms with Crippen LogP contribution in [0.5, 0.6) is 0 Å². The Morgan fingerprint density at radius 1 is 1.12 bits per heavy atom. The molecule has 134 valence electrons. The van der Waals surface area contributed by atoms with Gasteiger partial charge in [-0.15, -0.1) is 0 Å². The molecule has 3 aromatic rings. The molecule has 0 spiro atoms. The van der Waals surface area contributed by atoms with E-state index in [2.05, 4.69) is 22.0 Å². The van der Waals surface area contributed by atoms with Crippen LogP contribution in [0.25, 0.3) is 11.4 Å². The fraction of sp³-hybridized carbons (Fsp3) is 0.333. The molecule has 3 heterocycles. The lowest BCUT2D eigenvalue weighted by Gasteiger charge is -2.09. The number of fused-ring (bicyclic) bond motifs is 1. The minimum Gasteiger partial charge on any atom is -0.469 e. The highest BCUT2D eigenvalue weighted by Gasteiger charge is 2.24. The van der Waals surface area contributed by atoms with Gasteiger partial charge in [0, 0.05) is 25.1 Å². The van der Waals surface area contributed by atoms with Crippen molar-refractivity contribution < 1.29 is 9.21 Å². The molecule has 0 radical (unpaired) electrons. The summed E-state index contributed by atoms with van der Waals surface area (Å²) >= 11 is 0. The molecule has 1 N–H and O–H groups in total. The number of aromatic nitrogens is 2. The van der Waals surface area contributed by atoms with E-state index in [9.17, 15) is 4.79 Å². The summed E-state index contributed by atoms with van der Waals surface area (Å²) in [7, 11) is 0. The van der Waals surface area contributed by atoms with Gasteiger partial charge in [0.15, 0.2) is 0 Å². The first-order valence-electron chi connectivity index (χ1n) is 9.28. The number of carbonyl (C=O) groups excluding carboxylic acids is 1. The first-order chi connectivity index (χ1) is 12.8.